The van der Waals surface area contributed by atoms with Crippen LogP contribution in [0.15, 0.2) is 23.1 Å². The largest absolute Gasteiger partial charge is 0.494 e. The lowest BCUT2D eigenvalue weighted by Crippen LogP contribution is -2.09. The number of thioether (sulfide) groups is 1. The molecule has 6 heteroatoms. The minimum atomic E-state index is -2.87. The van der Waals surface area contributed by atoms with Crippen molar-refractivity contribution in [1.29, 1.82) is 0 Å². The highest BCUT2D eigenvalue weighted by atomic mass is 32.2. The molecule has 1 aromatic carbocycles. The van der Waals surface area contributed by atoms with E-state index in [1.165, 1.54) is 0 Å². The maximum atomic E-state index is 11.4. The van der Waals surface area contributed by atoms with Gasteiger partial charge in [-0.05, 0) is 37.3 Å². The van der Waals surface area contributed by atoms with Crippen molar-refractivity contribution in [3.63, 3.8) is 0 Å². The first-order valence-electron chi connectivity index (χ1n) is 6.34. The third-order valence-electron chi connectivity index (χ3n) is 2.59. The molecule has 4 nitrogen and oxygen atoms in total. The number of nitrogens with two attached hydrogens (primary N) is 1. The Balaban J connectivity index is 2.51. The van der Waals surface area contributed by atoms with E-state index in [1.807, 2.05) is 25.1 Å². The summed E-state index contributed by atoms with van der Waals surface area (Å²) in [7, 11) is -2.87. The number of hydrogen-bond donors (Lipinski definition) is 1. The van der Waals surface area contributed by atoms with Crippen molar-refractivity contribution < 1.29 is 13.2 Å². The van der Waals surface area contributed by atoms with Crippen LogP contribution in [0.1, 0.15) is 20.3 Å². The van der Waals surface area contributed by atoms with Crippen molar-refractivity contribution in [3.8, 4) is 5.75 Å². The molecule has 0 amide bonds. The Hall–Kier alpha value is -0.880. The highest BCUT2D eigenvalue weighted by Crippen LogP contribution is 2.29. The van der Waals surface area contributed by atoms with Crippen LogP contribution < -0.4 is 10.5 Å². The average Bonchev–Trinajstić information content (AvgIpc) is 2.38. The number of hydrogen-bond acceptors (Lipinski definition) is 5. The minimum Gasteiger partial charge on any atom is -0.494 e. The fourth-order valence-electron chi connectivity index (χ4n) is 1.50. The summed E-state index contributed by atoms with van der Waals surface area (Å²) < 4.78 is 28.1. The van der Waals surface area contributed by atoms with E-state index in [0.29, 0.717) is 18.7 Å². The van der Waals surface area contributed by atoms with Crippen molar-refractivity contribution in [2.24, 2.45) is 0 Å². The van der Waals surface area contributed by atoms with Crippen LogP contribution in [0.25, 0.3) is 0 Å². The van der Waals surface area contributed by atoms with Crippen molar-refractivity contribution in [2.75, 3.05) is 29.6 Å². The van der Waals surface area contributed by atoms with Gasteiger partial charge in [-0.3, -0.25) is 0 Å². The van der Waals surface area contributed by atoms with Gasteiger partial charge in [0.05, 0.1) is 12.4 Å². The van der Waals surface area contributed by atoms with E-state index in [-0.39, 0.29) is 11.5 Å². The van der Waals surface area contributed by atoms with Crippen LogP contribution in [-0.4, -0.2) is 32.3 Å². The van der Waals surface area contributed by atoms with Crippen LogP contribution in [0.4, 0.5) is 5.69 Å². The molecule has 0 aliphatic heterocycles. The summed E-state index contributed by atoms with van der Waals surface area (Å²) >= 11 is 1.57. The van der Waals surface area contributed by atoms with Crippen molar-refractivity contribution in [1.82, 2.24) is 0 Å². The molecule has 0 fully saturated rings. The van der Waals surface area contributed by atoms with E-state index < -0.39 is 9.84 Å². The second-order valence-corrected chi connectivity index (χ2v) is 7.68. The molecule has 0 spiro atoms. The average molecular weight is 303 g/mol. The Bertz CT molecular complexity index is 501. The van der Waals surface area contributed by atoms with E-state index in [9.17, 15) is 8.42 Å². The van der Waals surface area contributed by atoms with Gasteiger partial charge in [-0.25, -0.2) is 8.42 Å². The van der Waals surface area contributed by atoms with Crippen LogP contribution in [0.5, 0.6) is 5.75 Å². The smallest absolute Gasteiger partial charge is 0.150 e. The summed E-state index contributed by atoms with van der Waals surface area (Å²) in [5, 5.41) is 0. The summed E-state index contributed by atoms with van der Waals surface area (Å²) in [5.74, 6) is 1.97. The molecule has 1 rings (SSSR count). The van der Waals surface area contributed by atoms with Crippen LogP contribution in [0.3, 0.4) is 0 Å². The second kappa shape index (κ2) is 7.65. The zero-order chi connectivity index (χ0) is 14.3. The molecule has 0 saturated carbocycles. The molecule has 19 heavy (non-hydrogen) atoms. The predicted molar refractivity (Wildman–Crippen MR) is 81.7 cm³/mol. The van der Waals surface area contributed by atoms with Crippen LogP contribution in [-0.2, 0) is 9.84 Å². The highest BCUT2D eigenvalue weighted by molar-refractivity contribution is 7.99. The zero-order valence-corrected chi connectivity index (χ0v) is 13.0. The fraction of sp³-hybridized carbons (Fsp3) is 0.538. The summed E-state index contributed by atoms with van der Waals surface area (Å²) in [6.07, 6.45) is 0.638. The van der Waals surface area contributed by atoms with E-state index in [4.69, 9.17) is 10.5 Å². The molecule has 0 bridgehead atoms. The van der Waals surface area contributed by atoms with E-state index in [1.54, 1.807) is 18.7 Å². The molecule has 0 aromatic heterocycles. The first kappa shape index (κ1) is 16.2. The third kappa shape index (κ3) is 5.74. The Morgan fingerprint density at radius 3 is 2.68 bits per heavy atom. The molecular formula is C13H21NO3S2. The van der Waals surface area contributed by atoms with Gasteiger partial charge in [0.25, 0.3) is 0 Å². The van der Waals surface area contributed by atoms with Gasteiger partial charge in [0.15, 0.2) is 0 Å². The topological polar surface area (TPSA) is 69.4 Å². The lowest BCUT2D eigenvalue weighted by atomic mass is 10.3. The summed E-state index contributed by atoms with van der Waals surface area (Å²) in [6.45, 7) is 4.22. The quantitative estimate of drug-likeness (QED) is 0.454. The molecule has 0 aliphatic carbocycles. The number of nitrogen functional groups attached to an aromatic ring is 1. The first-order valence-corrected chi connectivity index (χ1v) is 9.14. The molecule has 0 unspecified atom stereocenters. The minimum absolute atomic E-state index is 0.208. The number of anilines is 1. The van der Waals surface area contributed by atoms with Crippen LogP contribution >= 0.6 is 11.8 Å². The molecule has 0 aliphatic rings. The third-order valence-corrected chi connectivity index (χ3v) is 5.54. The standard InChI is InChI=1S/C13H21NO3S2/c1-3-17-11-6-7-12(14)13(10-11)18-8-5-9-19(15,16)4-2/h6-7,10H,3-5,8-9,14H2,1-2H3. The van der Waals surface area contributed by atoms with Crippen molar-refractivity contribution >= 4 is 27.3 Å². The molecule has 108 valence electrons. The molecular weight excluding hydrogens is 282 g/mol. The molecule has 0 heterocycles. The van der Waals surface area contributed by atoms with Crippen molar-refractivity contribution in [2.45, 2.75) is 25.2 Å². The maximum absolute atomic E-state index is 11.4. The van der Waals surface area contributed by atoms with Gasteiger partial charge in [0.2, 0.25) is 0 Å². The van der Waals surface area contributed by atoms with E-state index in [2.05, 4.69) is 0 Å². The Morgan fingerprint density at radius 1 is 1.32 bits per heavy atom. The van der Waals surface area contributed by atoms with Crippen molar-refractivity contribution in [3.05, 3.63) is 18.2 Å². The Labute approximate surface area is 119 Å². The monoisotopic (exact) mass is 303 g/mol. The summed E-state index contributed by atoms with van der Waals surface area (Å²) in [4.78, 5) is 0.944. The highest BCUT2D eigenvalue weighted by Gasteiger charge is 2.08. The Kier molecular flexibility index (Phi) is 6.51. The number of benzene rings is 1. The van der Waals surface area contributed by atoms with Gasteiger partial charge >= 0.3 is 0 Å². The number of rotatable bonds is 8. The van der Waals surface area contributed by atoms with Gasteiger partial charge in [-0.2, -0.15) is 0 Å². The second-order valence-electron chi connectivity index (χ2n) is 4.07. The summed E-state index contributed by atoms with van der Waals surface area (Å²) in [6, 6.07) is 5.55. The lowest BCUT2D eigenvalue weighted by molar-refractivity contribution is 0.339. The lowest BCUT2D eigenvalue weighted by Gasteiger charge is -2.09. The SMILES string of the molecule is CCOc1ccc(N)c(SCCCS(=O)(=O)CC)c1. The first-order chi connectivity index (χ1) is 8.98. The van der Waals surface area contributed by atoms with E-state index in [0.717, 1.165) is 16.4 Å². The van der Waals surface area contributed by atoms with Gasteiger partial charge in [-0.1, -0.05) is 6.92 Å². The molecule has 2 N–H and O–H groups in total. The van der Waals surface area contributed by atoms with Gasteiger partial charge < -0.3 is 10.5 Å². The van der Waals surface area contributed by atoms with Crippen LogP contribution in [0, 0.1) is 0 Å². The van der Waals surface area contributed by atoms with E-state index >= 15 is 0 Å². The molecule has 0 saturated heterocycles. The molecule has 0 radical (unpaired) electrons. The number of ether oxygens (including phenoxy) is 1. The van der Waals surface area contributed by atoms with Gasteiger partial charge in [0, 0.05) is 16.3 Å². The number of sulfone groups is 1. The van der Waals surface area contributed by atoms with Gasteiger partial charge in [-0.15, -0.1) is 11.8 Å². The normalized spacial score (nSPS) is 11.5. The Morgan fingerprint density at radius 2 is 2.05 bits per heavy atom. The zero-order valence-electron chi connectivity index (χ0n) is 11.4. The molecule has 0 atom stereocenters. The fourth-order valence-corrected chi connectivity index (χ4v) is 3.50. The summed E-state index contributed by atoms with van der Waals surface area (Å²) in [5.41, 5.74) is 6.59. The van der Waals surface area contributed by atoms with Crippen LogP contribution in [0.2, 0.25) is 0 Å². The molecule has 1 aromatic rings. The predicted octanol–water partition coefficient (Wildman–Crippen LogP) is 2.58. The maximum Gasteiger partial charge on any atom is 0.150 e. The van der Waals surface area contributed by atoms with Gasteiger partial charge in [0.1, 0.15) is 15.6 Å².